The second kappa shape index (κ2) is 14.1. The van der Waals surface area contributed by atoms with Gasteiger partial charge in [-0.3, -0.25) is 19.3 Å². The Morgan fingerprint density at radius 3 is 2.48 bits per heavy atom. The van der Waals surface area contributed by atoms with Crippen molar-refractivity contribution in [2.75, 3.05) is 26.2 Å². The van der Waals surface area contributed by atoms with Gasteiger partial charge in [-0.2, -0.15) is 0 Å². The van der Waals surface area contributed by atoms with Gasteiger partial charge in [0.05, 0.1) is 21.6 Å². The van der Waals surface area contributed by atoms with Crippen LogP contribution in [0, 0.1) is 0 Å². The number of benzene rings is 2. The van der Waals surface area contributed by atoms with E-state index in [1.807, 2.05) is 19.1 Å². The van der Waals surface area contributed by atoms with Gasteiger partial charge in [0.2, 0.25) is 5.91 Å². The van der Waals surface area contributed by atoms with Crippen LogP contribution in [0.2, 0.25) is 10.0 Å². The Hall–Kier alpha value is -2.94. The summed E-state index contributed by atoms with van der Waals surface area (Å²) in [4.78, 5) is 41.7. The number of ether oxygens (including phenoxy) is 2. The Bertz CT molecular complexity index is 1320. The highest BCUT2D eigenvalue weighted by atomic mass is 35.5. The lowest BCUT2D eigenvalue weighted by Gasteiger charge is -2.22. The lowest BCUT2D eigenvalue weighted by Crippen LogP contribution is -2.42. The number of nitrogens with zero attached hydrogens (tertiary/aromatic N) is 2. The van der Waals surface area contributed by atoms with Crippen molar-refractivity contribution in [3.8, 4) is 11.5 Å². The van der Waals surface area contributed by atoms with Crippen molar-refractivity contribution in [1.82, 2.24) is 9.80 Å². The number of halogens is 2. The molecule has 4 rings (SSSR count). The van der Waals surface area contributed by atoms with E-state index in [-0.39, 0.29) is 24.0 Å². The summed E-state index contributed by atoms with van der Waals surface area (Å²) >= 11 is 13.0. The number of allylic oxidation sites excluding steroid dienone is 1. The van der Waals surface area contributed by atoms with E-state index in [2.05, 4.69) is 6.58 Å². The molecule has 2 aromatic carbocycles. The average Bonchev–Trinajstić information content (AvgIpc) is 3.10. The van der Waals surface area contributed by atoms with Crippen LogP contribution < -0.4 is 9.47 Å². The molecule has 3 amide bonds. The SMILES string of the molecule is C=CCc1cc(C=C2SC(=O)N(CC(=O)N3CCCCCC3)C2=O)cc(OCC)c1OCc1ccc(Cl)c(Cl)c1. The number of carbonyl (C=O) groups excluding carboxylic acids is 3. The van der Waals surface area contributed by atoms with Gasteiger partial charge < -0.3 is 14.4 Å². The topological polar surface area (TPSA) is 76.2 Å². The maximum atomic E-state index is 13.2. The van der Waals surface area contributed by atoms with Crippen LogP contribution in [0.25, 0.3) is 6.08 Å². The Morgan fingerprint density at radius 2 is 1.80 bits per heavy atom. The molecule has 2 heterocycles. The van der Waals surface area contributed by atoms with Gasteiger partial charge in [-0.1, -0.05) is 48.2 Å². The van der Waals surface area contributed by atoms with Gasteiger partial charge in [0.25, 0.3) is 11.1 Å². The number of hydrogen-bond acceptors (Lipinski definition) is 6. The third-order valence-electron chi connectivity index (χ3n) is 6.61. The fourth-order valence-electron chi connectivity index (χ4n) is 4.63. The van der Waals surface area contributed by atoms with E-state index < -0.39 is 11.1 Å². The van der Waals surface area contributed by atoms with Crippen LogP contribution in [-0.2, 0) is 22.6 Å². The minimum absolute atomic E-state index is 0.194. The zero-order valence-electron chi connectivity index (χ0n) is 22.4. The first-order chi connectivity index (χ1) is 19.3. The summed E-state index contributed by atoms with van der Waals surface area (Å²) in [6.07, 6.45) is 7.95. The quantitative estimate of drug-likeness (QED) is 0.212. The van der Waals surface area contributed by atoms with Gasteiger partial charge in [-0.05, 0) is 79.4 Å². The van der Waals surface area contributed by atoms with E-state index in [1.165, 1.54) is 0 Å². The van der Waals surface area contributed by atoms with Crippen LogP contribution in [0.1, 0.15) is 49.3 Å². The molecule has 40 heavy (non-hydrogen) atoms. The molecule has 0 atom stereocenters. The van der Waals surface area contributed by atoms with Crippen molar-refractivity contribution in [2.24, 2.45) is 0 Å². The predicted molar refractivity (Wildman–Crippen MR) is 160 cm³/mol. The van der Waals surface area contributed by atoms with Crippen molar-refractivity contribution < 1.29 is 23.9 Å². The molecule has 0 radical (unpaired) electrons. The summed E-state index contributed by atoms with van der Waals surface area (Å²) in [5, 5.41) is 0.460. The largest absolute Gasteiger partial charge is 0.490 e. The number of likely N-dealkylation sites (tertiary alicyclic amines) is 1. The van der Waals surface area contributed by atoms with Crippen molar-refractivity contribution in [3.05, 3.63) is 74.6 Å². The second-order valence-electron chi connectivity index (χ2n) is 9.53. The monoisotopic (exact) mass is 602 g/mol. The number of hydrogen-bond donors (Lipinski definition) is 0. The van der Waals surface area contributed by atoms with Crippen LogP contribution in [0.3, 0.4) is 0 Å². The molecule has 0 unspecified atom stereocenters. The molecular formula is C30H32Cl2N2O5S. The van der Waals surface area contributed by atoms with E-state index in [4.69, 9.17) is 32.7 Å². The Morgan fingerprint density at radius 1 is 1.05 bits per heavy atom. The molecule has 2 aromatic rings. The van der Waals surface area contributed by atoms with Crippen LogP contribution in [0.15, 0.2) is 47.9 Å². The summed E-state index contributed by atoms with van der Waals surface area (Å²) < 4.78 is 12.1. The third-order valence-corrected chi connectivity index (χ3v) is 8.26. The maximum absolute atomic E-state index is 13.2. The molecule has 0 aromatic heterocycles. The molecule has 0 bridgehead atoms. The molecule has 0 aliphatic carbocycles. The van der Waals surface area contributed by atoms with Gasteiger partial charge in [-0.25, -0.2) is 0 Å². The van der Waals surface area contributed by atoms with E-state index >= 15 is 0 Å². The number of carbonyl (C=O) groups is 3. The van der Waals surface area contributed by atoms with Crippen molar-refractivity contribution >= 4 is 58.1 Å². The normalized spacial score (nSPS) is 16.8. The summed E-state index contributed by atoms with van der Waals surface area (Å²) in [5.74, 6) is 0.395. The van der Waals surface area contributed by atoms with Crippen molar-refractivity contribution in [3.63, 3.8) is 0 Å². The van der Waals surface area contributed by atoms with Crippen molar-refractivity contribution in [2.45, 2.75) is 45.6 Å². The molecule has 0 spiro atoms. The Balaban J connectivity index is 1.56. The Kier molecular flexibility index (Phi) is 10.6. The maximum Gasteiger partial charge on any atom is 0.294 e. The lowest BCUT2D eigenvalue weighted by atomic mass is 10.0. The molecule has 0 N–H and O–H groups in total. The zero-order valence-corrected chi connectivity index (χ0v) is 24.7. The van der Waals surface area contributed by atoms with Crippen LogP contribution >= 0.6 is 35.0 Å². The smallest absolute Gasteiger partial charge is 0.294 e. The zero-order chi connectivity index (χ0) is 28.6. The summed E-state index contributed by atoms with van der Waals surface area (Å²) in [6, 6.07) is 8.96. The van der Waals surface area contributed by atoms with Crippen LogP contribution in [0.5, 0.6) is 11.5 Å². The minimum Gasteiger partial charge on any atom is -0.490 e. The summed E-state index contributed by atoms with van der Waals surface area (Å²) in [6.45, 7) is 7.45. The van der Waals surface area contributed by atoms with Crippen molar-refractivity contribution in [1.29, 1.82) is 0 Å². The molecule has 2 aliphatic heterocycles. The molecule has 212 valence electrons. The van der Waals surface area contributed by atoms with Gasteiger partial charge in [-0.15, -0.1) is 6.58 Å². The first kappa shape index (κ1) is 30.0. The molecule has 7 nitrogen and oxygen atoms in total. The minimum atomic E-state index is -0.471. The highest BCUT2D eigenvalue weighted by Crippen LogP contribution is 2.38. The molecular weight excluding hydrogens is 571 g/mol. The van der Waals surface area contributed by atoms with E-state index in [0.717, 1.165) is 53.5 Å². The second-order valence-corrected chi connectivity index (χ2v) is 11.3. The Labute approximate surface area is 249 Å². The van der Waals surface area contributed by atoms with E-state index in [9.17, 15) is 14.4 Å². The third kappa shape index (κ3) is 7.42. The molecule has 2 saturated heterocycles. The fraction of sp³-hybridized carbons (Fsp3) is 0.367. The first-order valence-electron chi connectivity index (χ1n) is 13.3. The van der Waals surface area contributed by atoms with Crippen LogP contribution in [-0.4, -0.2) is 53.1 Å². The number of rotatable bonds is 10. The van der Waals surface area contributed by atoms with E-state index in [0.29, 0.717) is 53.2 Å². The number of amides is 3. The standard InChI is InChI=1S/C30H32Cl2N2O5S/c1-3-9-22-14-21(16-25(38-4-2)28(22)39-19-20-10-11-23(31)24(32)15-20)17-26-29(36)34(30(37)40-26)18-27(35)33-12-7-5-6-8-13-33/h3,10-11,14-17H,1,4-9,12-13,18-19H2,2H3. The summed E-state index contributed by atoms with van der Waals surface area (Å²) in [5.41, 5.74) is 2.32. The molecule has 10 heteroatoms. The van der Waals surface area contributed by atoms with Gasteiger partial charge in [0.1, 0.15) is 13.2 Å². The highest BCUT2D eigenvalue weighted by Gasteiger charge is 2.37. The van der Waals surface area contributed by atoms with Gasteiger partial charge >= 0.3 is 0 Å². The van der Waals surface area contributed by atoms with Gasteiger partial charge in [0, 0.05) is 18.7 Å². The highest BCUT2D eigenvalue weighted by molar-refractivity contribution is 8.18. The average molecular weight is 604 g/mol. The number of thioether (sulfide) groups is 1. The van der Waals surface area contributed by atoms with Crippen LogP contribution in [0.4, 0.5) is 4.79 Å². The lowest BCUT2D eigenvalue weighted by molar-refractivity contribution is -0.135. The fourth-order valence-corrected chi connectivity index (χ4v) is 5.79. The predicted octanol–water partition coefficient (Wildman–Crippen LogP) is 7.14. The molecule has 0 saturated carbocycles. The first-order valence-corrected chi connectivity index (χ1v) is 14.9. The molecule has 2 fully saturated rings. The summed E-state index contributed by atoms with van der Waals surface area (Å²) in [7, 11) is 0. The van der Waals surface area contributed by atoms with E-state index in [1.54, 1.807) is 35.3 Å². The molecule has 2 aliphatic rings. The number of imide groups is 1. The van der Waals surface area contributed by atoms with Gasteiger partial charge in [0.15, 0.2) is 11.5 Å².